The van der Waals surface area contributed by atoms with Gasteiger partial charge in [-0.3, -0.25) is 4.79 Å². The molecule has 0 aliphatic carbocycles. The third kappa shape index (κ3) is 4.80. The zero-order chi connectivity index (χ0) is 16.1. The molecule has 1 aromatic heterocycles. The van der Waals surface area contributed by atoms with Gasteiger partial charge in [-0.2, -0.15) is 0 Å². The van der Waals surface area contributed by atoms with E-state index in [2.05, 4.69) is 10.3 Å². The Kier molecular flexibility index (Phi) is 5.94. The number of hydrogen-bond acceptors (Lipinski definition) is 4. The predicted molar refractivity (Wildman–Crippen MR) is 90.4 cm³/mol. The normalized spacial score (nSPS) is 13.6. The predicted octanol–water partition coefficient (Wildman–Crippen LogP) is 3.60. The van der Waals surface area contributed by atoms with E-state index in [1.165, 1.54) is 11.3 Å². The lowest BCUT2D eigenvalue weighted by Gasteiger charge is -2.13. The molecule has 2 N–H and O–H groups in total. The maximum Gasteiger partial charge on any atom is 0.270 e. The molecule has 0 aliphatic heterocycles. The molecule has 2 aromatic rings. The highest BCUT2D eigenvalue weighted by Gasteiger charge is 2.13. The molecule has 0 fully saturated rings. The summed E-state index contributed by atoms with van der Waals surface area (Å²) in [6, 6.07) is 7.40. The van der Waals surface area contributed by atoms with Gasteiger partial charge in [0.2, 0.25) is 0 Å². The first kappa shape index (κ1) is 16.9. The molecule has 0 spiro atoms. The van der Waals surface area contributed by atoms with Gasteiger partial charge < -0.3 is 10.4 Å². The summed E-state index contributed by atoms with van der Waals surface area (Å²) in [6.45, 7) is 4.26. The molecule has 2 unspecified atom stereocenters. The molecule has 22 heavy (non-hydrogen) atoms. The van der Waals surface area contributed by atoms with E-state index in [4.69, 9.17) is 11.6 Å². The Morgan fingerprint density at radius 2 is 2.23 bits per heavy atom. The van der Waals surface area contributed by atoms with Crippen LogP contribution in [0.5, 0.6) is 0 Å². The molecule has 0 saturated carbocycles. The van der Waals surface area contributed by atoms with Crippen molar-refractivity contribution >= 4 is 28.8 Å². The van der Waals surface area contributed by atoms with Crippen LogP contribution in [0.25, 0.3) is 10.6 Å². The van der Waals surface area contributed by atoms with E-state index in [1.54, 1.807) is 18.4 Å². The van der Waals surface area contributed by atoms with Crippen LogP contribution < -0.4 is 5.32 Å². The fourth-order valence-electron chi connectivity index (χ4n) is 2.16. The second-order valence-corrected chi connectivity index (χ2v) is 6.74. The molecule has 4 nitrogen and oxygen atoms in total. The van der Waals surface area contributed by atoms with Crippen LogP contribution in [0.4, 0.5) is 0 Å². The Hall–Kier alpha value is -1.43. The van der Waals surface area contributed by atoms with E-state index >= 15 is 0 Å². The second kappa shape index (κ2) is 7.72. The number of aliphatic hydroxyl groups excluding tert-OH is 1. The largest absolute Gasteiger partial charge is 0.393 e. The monoisotopic (exact) mass is 338 g/mol. The van der Waals surface area contributed by atoms with Crippen molar-refractivity contribution in [3.8, 4) is 10.6 Å². The lowest BCUT2D eigenvalue weighted by atomic mass is 10.0. The summed E-state index contributed by atoms with van der Waals surface area (Å²) in [6.07, 6.45) is 0.297. The van der Waals surface area contributed by atoms with Gasteiger partial charge in [-0.1, -0.05) is 30.7 Å². The Morgan fingerprint density at radius 3 is 2.91 bits per heavy atom. The molecule has 2 rings (SSSR count). The first-order valence-electron chi connectivity index (χ1n) is 7.13. The third-order valence-corrected chi connectivity index (χ3v) is 4.29. The van der Waals surface area contributed by atoms with Crippen LogP contribution >= 0.6 is 22.9 Å². The quantitative estimate of drug-likeness (QED) is 0.846. The van der Waals surface area contributed by atoms with Crippen LogP contribution in [0.3, 0.4) is 0 Å². The highest BCUT2D eigenvalue weighted by Crippen LogP contribution is 2.26. The minimum atomic E-state index is -0.361. The van der Waals surface area contributed by atoms with Crippen LogP contribution in [0.15, 0.2) is 29.6 Å². The van der Waals surface area contributed by atoms with E-state index in [-0.39, 0.29) is 17.9 Å². The maximum absolute atomic E-state index is 12.1. The maximum atomic E-state index is 12.1. The van der Waals surface area contributed by atoms with Crippen LogP contribution in [0.2, 0.25) is 5.02 Å². The topological polar surface area (TPSA) is 62.2 Å². The number of carbonyl (C=O) groups excluding carboxylic acids is 1. The van der Waals surface area contributed by atoms with Crippen LogP contribution in [-0.4, -0.2) is 28.6 Å². The van der Waals surface area contributed by atoms with E-state index in [1.807, 2.05) is 25.1 Å². The fraction of sp³-hybridized carbons (Fsp3) is 0.375. The summed E-state index contributed by atoms with van der Waals surface area (Å²) < 4.78 is 0. The van der Waals surface area contributed by atoms with Gasteiger partial charge >= 0.3 is 0 Å². The van der Waals surface area contributed by atoms with Gasteiger partial charge in [-0.05, 0) is 31.4 Å². The van der Waals surface area contributed by atoms with Crippen LogP contribution in [0, 0.1) is 5.92 Å². The van der Waals surface area contributed by atoms with Gasteiger partial charge in [0.15, 0.2) is 0 Å². The number of thiazole rings is 1. The van der Waals surface area contributed by atoms with E-state index in [0.29, 0.717) is 23.7 Å². The number of amides is 1. The number of carbonyl (C=O) groups is 1. The minimum Gasteiger partial charge on any atom is -0.393 e. The molecule has 118 valence electrons. The van der Waals surface area contributed by atoms with E-state index in [9.17, 15) is 9.90 Å². The summed E-state index contributed by atoms with van der Waals surface area (Å²) in [7, 11) is 0. The average Bonchev–Trinajstić information content (AvgIpc) is 2.94. The minimum absolute atomic E-state index is 0.193. The highest BCUT2D eigenvalue weighted by molar-refractivity contribution is 7.13. The molecular formula is C16H19ClN2O2S. The number of hydrogen-bond donors (Lipinski definition) is 2. The Balaban J connectivity index is 1.97. The van der Waals surface area contributed by atoms with Gasteiger partial charge in [0, 0.05) is 22.5 Å². The molecule has 0 bridgehead atoms. The molecule has 0 aliphatic rings. The third-order valence-electron chi connectivity index (χ3n) is 3.16. The molecule has 1 aromatic carbocycles. The van der Waals surface area contributed by atoms with Gasteiger partial charge in [0.05, 0.1) is 6.10 Å². The molecular weight excluding hydrogens is 320 g/mol. The number of nitrogens with zero attached hydrogens (tertiary/aromatic N) is 1. The first-order chi connectivity index (χ1) is 10.5. The molecule has 2 atom stereocenters. The van der Waals surface area contributed by atoms with E-state index in [0.717, 1.165) is 10.6 Å². The smallest absolute Gasteiger partial charge is 0.270 e. The number of benzene rings is 1. The second-order valence-electron chi connectivity index (χ2n) is 5.45. The van der Waals surface area contributed by atoms with Crippen LogP contribution in [0.1, 0.15) is 30.8 Å². The van der Waals surface area contributed by atoms with Crippen molar-refractivity contribution < 1.29 is 9.90 Å². The Bertz CT molecular complexity index is 643. The Morgan fingerprint density at radius 1 is 1.45 bits per heavy atom. The summed E-state index contributed by atoms with van der Waals surface area (Å²) in [4.78, 5) is 16.4. The zero-order valence-electron chi connectivity index (χ0n) is 12.5. The number of nitrogens with one attached hydrogen (secondary N) is 1. The lowest BCUT2D eigenvalue weighted by Crippen LogP contribution is -2.29. The number of aromatic nitrogens is 1. The van der Waals surface area contributed by atoms with Crippen LogP contribution in [-0.2, 0) is 0 Å². The molecule has 6 heteroatoms. The van der Waals surface area contributed by atoms with Gasteiger partial charge in [-0.15, -0.1) is 11.3 Å². The number of rotatable bonds is 6. The molecule has 1 amide bonds. The highest BCUT2D eigenvalue weighted by atomic mass is 35.5. The van der Waals surface area contributed by atoms with Crippen molar-refractivity contribution in [2.45, 2.75) is 26.4 Å². The summed E-state index contributed by atoms with van der Waals surface area (Å²) in [5.74, 6) is 0.0250. The SMILES string of the molecule is CC(O)CC(C)CNC(=O)c1csc(-c2cccc(Cl)c2)n1. The van der Waals surface area contributed by atoms with Crippen molar-refractivity contribution in [2.24, 2.45) is 5.92 Å². The van der Waals surface area contributed by atoms with Gasteiger partial charge in [0.1, 0.15) is 10.7 Å². The summed E-state index contributed by atoms with van der Waals surface area (Å²) in [5.41, 5.74) is 1.31. The van der Waals surface area contributed by atoms with Gasteiger partial charge in [0.25, 0.3) is 5.91 Å². The van der Waals surface area contributed by atoms with Crippen molar-refractivity contribution in [1.29, 1.82) is 0 Å². The summed E-state index contributed by atoms with van der Waals surface area (Å²) in [5, 5.41) is 15.3. The van der Waals surface area contributed by atoms with Gasteiger partial charge in [-0.25, -0.2) is 4.98 Å². The van der Waals surface area contributed by atoms with Crippen molar-refractivity contribution in [3.05, 3.63) is 40.4 Å². The lowest BCUT2D eigenvalue weighted by molar-refractivity contribution is 0.0935. The zero-order valence-corrected chi connectivity index (χ0v) is 14.1. The van der Waals surface area contributed by atoms with Crippen molar-refractivity contribution in [1.82, 2.24) is 10.3 Å². The molecule has 0 radical (unpaired) electrons. The average molecular weight is 339 g/mol. The molecule has 1 heterocycles. The molecule has 0 saturated heterocycles. The van der Waals surface area contributed by atoms with Crippen molar-refractivity contribution in [3.63, 3.8) is 0 Å². The first-order valence-corrected chi connectivity index (χ1v) is 8.39. The summed E-state index contributed by atoms with van der Waals surface area (Å²) >= 11 is 7.38. The Labute approximate surface area is 139 Å². The number of aliphatic hydroxyl groups is 1. The van der Waals surface area contributed by atoms with E-state index < -0.39 is 0 Å². The standard InChI is InChI=1S/C16H19ClN2O2S/c1-10(6-11(2)20)8-18-15(21)14-9-22-16(19-14)12-4-3-5-13(17)7-12/h3-5,7,9-11,20H,6,8H2,1-2H3,(H,18,21). The van der Waals surface area contributed by atoms with Crippen molar-refractivity contribution in [2.75, 3.05) is 6.54 Å². The fourth-order valence-corrected chi connectivity index (χ4v) is 3.14. The number of halogens is 1.